The van der Waals surface area contributed by atoms with E-state index < -0.39 is 23.7 Å². The summed E-state index contributed by atoms with van der Waals surface area (Å²) < 4.78 is 87.5. The first-order valence-corrected chi connectivity index (χ1v) is 41.8. The van der Waals surface area contributed by atoms with E-state index in [1.54, 1.807) is 27.3 Å². The van der Waals surface area contributed by atoms with E-state index in [1.807, 2.05) is 106 Å². The number of nitrogens with zero attached hydrogens (tertiary/aromatic N) is 15. The number of carbonyl (C=O) groups excluding carboxylic acids is 3. The highest BCUT2D eigenvalue weighted by molar-refractivity contribution is 6.30. The summed E-state index contributed by atoms with van der Waals surface area (Å²) in [6.45, 7) is 44.2. The number of benzene rings is 2. The van der Waals surface area contributed by atoms with Crippen LogP contribution in [-0.2, 0) is 59.2 Å². The Bertz CT molecular complexity index is 5640. The quantitative estimate of drug-likeness (QED) is 0.0294. The highest BCUT2D eigenvalue weighted by Crippen LogP contribution is 2.41. The van der Waals surface area contributed by atoms with Crippen LogP contribution in [0.15, 0.2) is 134 Å². The summed E-state index contributed by atoms with van der Waals surface area (Å²) in [5.74, 6) is 3.94. The number of amides is 3. The summed E-state index contributed by atoms with van der Waals surface area (Å²) in [7, 11) is 0. The Balaban J connectivity index is 0.000000159. The standard InChI is InChI=1S/C20H19F3N4O.C19H21ClN4O.C17H25ClN4.C17H21F3N4O.C16H23ClN4/c1-12-5-7-13(8-6-12)11-17(28)26-19-24-15-9-10-16(20(21,22)23)25-18(15)27(19)14-3-2-4-14;1-12(2)11-24-18-15(8-9-16(20)22-18)21-19(24)23-17(25)10-14-6-4-13(3)5-7-14;1-11(2)10-22-15-13(7-8-14(18)21-15)20-16(22)19-12(3)9-17(4,5)6;1-16(2,3)9-13(25)23-15-21-11-7-8-12(17(18,19)20)22-14(11)24(15)10-5-4-6-10;1-10(2)8-12(5)18-16-19-13-6-7-14(17)20-15(13)21(16)9-11(3)4/h5-10,14H,2-4,11H2,1H3,(H,24,26,28);4-9,12H,10-11H2,1-3H3,(H,21,23,25);7-8,11H,3,9-10H2,1-2,4-6H3,(H,19,20);7-8,10H,4-6,9H2,1-3H3,(H,21,23,25);6-7,10-11H,5,8-9H2,1-4H3,(H,18,19). The first-order valence-electron chi connectivity index (χ1n) is 40.7. The van der Waals surface area contributed by atoms with Crippen LogP contribution in [0.3, 0.4) is 0 Å². The highest BCUT2D eigenvalue weighted by Gasteiger charge is 2.37. The van der Waals surface area contributed by atoms with E-state index >= 15 is 0 Å². The van der Waals surface area contributed by atoms with Gasteiger partial charge in [-0.2, -0.15) is 26.3 Å². The second kappa shape index (κ2) is 39.6. The molecule has 5 N–H and O–H groups in total. The molecule has 23 nitrogen and oxygen atoms in total. The van der Waals surface area contributed by atoms with Crippen molar-refractivity contribution in [1.29, 1.82) is 0 Å². The molecule has 121 heavy (non-hydrogen) atoms. The van der Waals surface area contributed by atoms with Gasteiger partial charge in [0.15, 0.2) is 28.2 Å². The number of carbonyl (C=O) groups is 3. The molecule has 2 aromatic carbocycles. The molecule has 0 unspecified atom stereocenters. The normalized spacial score (nSPS) is 13.3. The van der Waals surface area contributed by atoms with Crippen LogP contribution in [0, 0.1) is 48.3 Å². The fourth-order valence-corrected chi connectivity index (χ4v) is 14.0. The summed E-state index contributed by atoms with van der Waals surface area (Å²) in [4.78, 5) is 80.4. The molecule has 2 fully saturated rings. The van der Waals surface area contributed by atoms with Gasteiger partial charge >= 0.3 is 12.4 Å². The highest BCUT2D eigenvalue weighted by atomic mass is 35.5. The van der Waals surface area contributed by atoms with E-state index in [-0.39, 0.29) is 70.2 Å². The van der Waals surface area contributed by atoms with Crippen molar-refractivity contribution >= 4 is 138 Å². The number of anilines is 5. The van der Waals surface area contributed by atoms with Crippen molar-refractivity contribution in [3.05, 3.63) is 183 Å². The maximum Gasteiger partial charge on any atom is 0.433 e. The molecule has 14 rings (SSSR count). The third-order valence-corrected chi connectivity index (χ3v) is 19.9. The molecule has 646 valence electrons. The molecule has 0 atom stereocenters. The van der Waals surface area contributed by atoms with Gasteiger partial charge in [0.2, 0.25) is 47.5 Å². The zero-order valence-corrected chi connectivity index (χ0v) is 73.8. The van der Waals surface area contributed by atoms with Gasteiger partial charge in [0.1, 0.15) is 54.4 Å². The minimum Gasteiger partial charge on any atom is -0.330 e. The van der Waals surface area contributed by atoms with Gasteiger partial charge in [0.05, 0.1) is 12.8 Å². The Morgan fingerprint density at radius 1 is 0.388 bits per heavy atom. The number of alkyl halides is 6. The number of hydrogen-bond donors (Lipinski definition) is 5. The predicted molar refractivity (Wildman–Crippen MR) is 472 cm³/mol. The zero-order chi connectivity index (χ0) is 88.3. The molecule has 2 saturated carbocycles. The van der Waals surface area contributed by atoms with E-state index in [0.29, 0.717) is 81.1 Å². The first kappa shape index (κ1) is 92.8. The molecule has 0 radical (unpaired) electrons. The molecule has 2 aliphatic carbocycles. The number of aromatic nitrogens is 15. The molecule has 2 aliphatic rings. The van der Waals surface area contributed by atoms with Gasteiger partial charge in [0, 0.05) is 49.5 Å². The van der Waals surface area contributed by atoms with Gasteiger partial charge in [0.25, 0.3) is 0 Å². The summed E-state index contributed by atoms with van der Waals surface area (Å²) >= 11 is 18.1. The van der Waals surface area contributed by atoms with E-state index in [2.05, 4.69) is 175 Å². The lowest BCUT2D eigenvalue weighted by Crippen LogP contribution is -2.25. The molecule has 0 spiro atoms. The lowest BCUT2D eigenvalue weighted by molar-refractivity contribution is -0.141. The topological polar surface area (TPSA) is 265 Å². The van der Waals surface area contributed by atoms with Crippen molar-refractivity contribution in [2.45, 2.75) is 225 Å². The van der Waals surface area contributed by atoms with Gasteiger partial charge in [-0.05, 0) is 172 Å². The van der Waals surface area contributed by atoms with E-state index in [9.17, 15) is 40.7 Å². The Hall–Kier alpha value is -10.5. The molecule has 3 amide bonds. The number of halogens is 9. The largest absolute Gasteiger partial charge is 0.433 e. The molecule has 0 aliphatic heterocycles. The third kappa shape index (κ3) is 26.0. The maximum absolute atomic E-state index is 13.1. The van der Waals surface area contributed by atoms with Crippen molar-refractivity contribution < 1.29 is 40.7 Å². The summed E-state index contributed by atoms with van der Waals surface area (Å²) in [5.41, 5.74) is 9.84. The van der Waals surface area contributed by atoms with Crippen LogP contribution in [0.5, 0.6) is 0 Å². The molecule has 0 saturated heterocycles. The van der Waals surface area contributed by atoms with Crippen LogP contribution in [0.25, 0.3) is 55.8 Å². The molecule has 0 bridgehead atoms. The van der Waals surface area contributed by atoms with Crippen LogP contribution in [0.1, 0.15) is 200 Å². The fraction of sp³-hybridized carbons (Fsp3) is 0.449. The molecular weight excluding hydrogens is 1620 g/mol. The number of nitrogens with one attached hydrogen (secondary N) is 5. The summed E-state index contributed by atoms with van der Waals surface area (Å²) in [6.07, 6.45) is -1.18. The van der Waals surface area contributed by atoms with E-state index in [4.69, 9.17) is 34.8 Å². The number of pyridine rings is 5. The minimum atomic E-state index is -4.53. The number of imidazole rings is 5. The fourth-order valence-electron chi connectivity index (χ4n) is 13.6. The minimum absolute atomic E-state index is 0.00402. The second-order valence-electron chi connectivity index (χ2n) is 35.1. The average molecular weight is 1730 g/mol. The van der Waals surface area contributed by atoms with Crippen LogP contribution >= 0.6 is 34.8 Å². The predicted octanol–water partition coefficient (Wildman–Crippen LogP) is 23.3. The van der Waals surface area contributed by atoms with Gasteiger partial charge in [-0.3, -0.25) is 53.2 Å². The Labute approximate surface area is 716 Å². The number of allylic oxidation sites excluding steroid dienone is 2. The number of rotatable bonds is 23. The molecular formula is C89H109Cl3F6N20O3. The average Bonchev–Trinajstić information content (AvgIpc) is 1.62. The second-order valence-corrected chi connectivity index (χ2v) is 36.3. The third-order valence-electron chi connectivity index (χ3n) is 19.2. The Kier molecular flexibility index (Phi) is 30.3. The lowest BCUT2D eigenvalue weighted by atomic mass is 9.91. The van der Waals surface area contributed by atoms with Gasteiger partial charge in [-0.15, -0.1) is 0 Å². The van der Waals surface area contributed by atoms with Gasteiger partial charge in [-0.1, -0.05) is 205 Å². The van der Waals surface area contributed by atoms with Crippen molar-refractivity contribution in [2.75, 3.05) is 26.6 Å². The van der Waals surface area contributed by atoms with Crippen molar-refractivity contribution in [2.24, 2.45) is 34.5 Å². The van der Waals surface area contributed by atoms with Crippen LogP contribution in [0.2, 0.25) is 15.5 Å². The summed E-state index contributed by atoms with van der Waals surface area (Å²) in [6, 6.07) is 30.9. The number of aryl methyl sites for hydroxylation is 2. The molecule has 32 heteroatoms. The smallest absolute Gasteiger partial charge is 0.330 e. The Morgan fingerprint density at radius 3 is 1.01 bits per heavy atom. The first-order chi connectivity index (χ1) is 56.8. The van der Waals surface area contributed by atoms with Crippen LogP contribution in [-0.4, -0.2) is 90.4 Å². The molecule has 12 aromatic rings. The van der Waals surface area contributed by atoms with Crippen LogP contribution < -0.4 is 26.6 Å². The SMILES string of the molecule is C=C(CC(C)(C)C)Nc1nc2ccc(Cl)nc2n1CC(C)C.C=C(CC(C)C)Nc1nc2ccc(Cl)nc2n1CC(C)C.CC(C)(C)CC(=O)Nc1nc2ccc(C(F)(F)F)nc2n1C1CCC1.Cc1ccc(CC(=O)Nc2nc3ccc(C(F)(F)F)nc3n2C2CCC2)cc1.Cc1ccc(CC(=O)Nc2nc3ccc(Cl)nc3n2CC(C)C)cc1. The van der Waals surface area contributed by atoms with Crippen LogP contribution in [0.4, 0.5) is 56.1 Å². The Morgan fingerprint density at radius 2 is 0.694 bits per heavy atom. The van der Waals surface area contributed by atoms with Crippen molar-refractivity contribution in [3.8, 4) is 0 Å². The van der Waals surface area contributed by atoms with E-state index in [0.717, 1.165) is 144 Å². The zero-order valence-electron chi connectivity index (χ0n) is 71.5. The maximum atomic E-state index is 13.1. The number of fused-ring (bicyclic) bond motifs is 5. The lowest BCUT2D eigenvalue weighted by Gasteiger charge is -2.28. The monoisotopic (exact) mass is 1720 g/mol. The number of hydrogen-bond acceptors (Lipinski definition) is 15. The molecule has 10 heterocycles. The van der Waals surface area contributed by atoms with Crippen molar-refractivity contribution in [1.82, 2.24) is 72.7 Å². The molecule has 10 aromatic heterocycles. The summed E-state index contributed by atoms with van der Waals surface area (Å²) in [5, 5.41) is 16.5. The van der Waals surface area contributed by atoms with Gasteiger partial charge < -0.3 is 10.6 Å². The van der Waals surface area contributed by atoms with E-state index in [1.165, 1.54) is 17.7 Å². The van der Waals surface area contributed by atoms with Crippen molar-refractivity contribution in [3.63, 3.8) is 0 Å². The van der Waals surface area contributed by atoms with Gasteiger partial charge in [-0.25, -0.2) is 49.8 Å².